The lowest BCUT2D eigenvalue weighted by Crippen LogP contribution is -2.36. The lowest BCUT2D eigenvalue weighted by molar-refractivity contribution is -0.121. The molecule has 0 aliphatic heterocycles. The monoisotopic (exact) mass is 458 g/mol. The summed E-state index contributed by atoms with van der Waals surface area (Å²) < 4.78 is 13.4. The molecule has 0 unspecified atom stereocenters. The van der Waals surface area contributed by atoms with Crippen molar-refractivity contribution in [3.8, 4) is 11.5 Å². The van der Waals surface area contributed by atoms with Gasteiger partial charge in [0.25, 0.3) is 0 Å². The van der Waals surface area contributed by atoms with Crippen molar-refractivity contribution >= 4 is 16.9 Å². The van der Waals surface area contributed by atoms with Crippen molar-refractivity contribution in [3.63, 3.8) is 0 Å². The minimum Gasteiger partial charge on any atom is -0.496 e. The second kappa shape index (κ2) is 10.9. The molecule has 0 bridgehead atoms. The van der Waals surface area contributed by atoms with Gasteiger partial charge in [-0.2, -0.15) is 0 Å². The third-order valence-corrected chi connectivity index (χ3v) is 5.76. The first-order valence-electron chi connectivity index (χ1n) is 11.2. The molecule has 7 heteroatoms. The number of aromatic nitrogens is 2. The van der Waals surface area contributed by atoms with Crippen molar-refractivity contribution < 1.29 is 14.3 Å². The zero-order valence-electron chi connectivity index (χ0n) is 19.8. The molecule has 4 rings (SSSR count). The third kappa shape index (κ3) is 5.38. The summed E-state index contributed by atoms with van der Waals surface area (Å²) >= 11 is 0. The van der Waals surface area contributed by atoms with Gasteiger partial charge in [0, 0.05) is 12.1 Å². The second-order valence-electron chi connectivity index (χ2n) is 8.23. The molecule has 34 heavy (non-hydrogen) atoms. The van der Waals surface area contributed by atoms with E-state index in [2.05, 4.69) is 10.2 Å². The fourth-order valence-electron chi connectivity index (χ4n) is 4.00. The molecule has 0 saturated heterocycles. The molecule has 0 spiro atoms. The predicted octanol–water partition coefficient (Wildman–Crippen LogP) is 4.04. The maximum Gasteiger partial charge on any atom is 0.240 e. The topological polar surface area (TPSA) is 68.6 Å². The van der Waals surface area contributed by atoms with Gasteiger partial charge in [-0.25, -0.2) is 4.98 Å². The highest BCUT2D eigenvalue weighted by Crippen LogP contribution is 2.27. The molecule has 1 heterocycles. The first-order valence-corrected chi connectivity index (χ1v) is 11.2. The van der Waals surface area contributed by atoms with E-state index in [1.807, 2.05) is 97.5 Å². The number of nitrogens with zero attached hydrogens (tertiary/aromatic N) is 3. The highest BCUT2D eigenvalue weighted by molar-refractivity contribution is 5.81. The van der Waals surface area contributed by atoms with Gasteiger partial charge in [0.05, 0.1) is 24.2 Å². The van der Waals surface area contributed by atoms with Crippen LogP contribution in [-0.2, 0) is 17.9 Å². The van der Waals surface area contributed by atoms with Gasteiger partial charge >= 0.3 is 0 Å². The van der Waals surface area contributed by atoms with E-state index < -0.39 is 0 Å². The van der Waals surface area contributed by atoms with Crippen LogP contribution in [0.15, 0.2) is 78.9 Å². The average molecular weight is 459 g/mol. The van der Waals surface area contributed by atoms with Gasteiger partial charge in [0.1, 0.15) is 30.5 Å². The van der Waals surface area contributed by atoms with Gasteiger partial charge in [0.2, 0.25) is 5.91 Å². The Morgan fingerprint density at radius 3 is 2.47 bits per heavy atom. The number of benzene rings is 3. The number of hydrogen-bond donors (Lipinski definition) is 1. The van der Waals surface area contributed by atoms with E-state index >= 15 is 0 Å². The van der Waals surface area contributed by atoms with Crippen molar-refractivity contribution in [1.29, 1.82) is 0 Å². The van der Waals surface area contributed by atoms with E-state index in [1.165, 1.54) is 0 Å². The molecule has 0 aliphatic carbocycles. The smallest absolute Gasteiger partial charge is 0.240 e. The van der Waals surface area contributed by atoms with Gasteiger partial charge in [0.15, 0.2) is 0 Å². The number of amides is 1. The number of imidazole rings is 1. The summed E-state index contributed by atoms with van der Waals surface area (Å²) in [5.74, 6) is 2.17. The lowest BCUT2D eigenvalue weighted by Gasteiger charge is -2.26. The van der Waals surface area contributed by atoms with Crippen LogP contribution < -0.4 is 14.8 Å². The number of nitrogens with one attached hydrogen (secondary N) is 1. The van der Waals surface area contributed by atoms with Gasteiger partial charge in [-0.3, -0.25) is 4.79 Å². The van der Waals surface area contributed by atoms with E-state index in [4.69, 9.17) is 14.5 Å². The summed E-state index contributed by atoms with van der Waals surface area (Å²) in [6.45, 7) is 0.877. The minimum atomic E-state index is -0.0918. The van der Waals surface area contributed by atoms with Gasteiger partial charge < -0.3 is 24.3 Å². The van der Waals surface area contributed by atoms with Crippen LogP contribution in [0.5, 0.6) is 11.5 Å². The van der Waals surface area contributed by atoms with Crippen LogP contribution >= 0.6 is 0 Å². The van der Waals surface area contributed by atoms with Gasteiger partial charge in [-0.05, 0) is 44.4 Å². The van der Waals surface area contributed by atoms with Crippen molar-refractivity contribution in [2.75, 3.05) is 27.7 Å². The van der Waals surface area contributed by atoms with Crippen LogP contribution in [0, 0.1) is 0 Å². The van der Waals surface area contributed by atoms with E-state index in [-0.39, 0.29) is 25.1 Å². The number of likely N-dealkylation sites (N-methyl/N-ethyl adjacent to an activating group) is 1. The molecular formula is C27H30N4O3. The molecule has 1 N–H and O–H groups in total. The Balaban J connectivity index is 1.49. The Hall–Kier alpha value is -3.84. The first kappa shape index (κ1) is 23.3. The molecule has 176 valence electrons. The van der Waals surface area contributed by atoms with E-state index in [0.717, 1.165) is 28.1 Å². The van der Waals surface area contributed by atoms with Crippen LogP contribution in [0.3, 0.4) is 0 Å². The maximum absolute atomic E-state index is 13.0. The molecule has 3 aromatic carbocycles. The summed E-state index contributed by atoms with van der Waals surface area (Å²) in [5.41, 5.74) is 2.76. The Labute approximate surface area is 199 Å². The van der Waals surface area contributed by atoms with Crippen LogP contribution in [0.4, 0.5) is 0 Å². The third-order valence-electron chi connectivity index (χ3n) is 5.76. The summed E-state index contributed by atoms with van der Waals surface area (Å²) in [6.07, 6.45) is 0. The highest BCUT2D eigenvalue weighted by atomic mass is 16.5. The normalized spacial score (nSPS) is 12.0. The molecule has 0 saturated carbocycles. The lowest BCUT2D eigenvalue weighted by atomic mass is 10.0. The molecule has 0 fully saturated rings. The van der Waals surface area contributed by atoms with Crippen molar-refractivity contribution in [1.82, 2.24) is 19.8 Å². The van der Waals surface area contributed by atoms with E-state index in [9.17, 15) is 4.79 Å². The van der Waals surface area contributed by atoms with E-state index in [0.29, 0.717) is 12.4 Å². The molecule has 0 radical (unpaired) electrons. The summed E-state index contributed by atoms with van der Waals surface area (Å²) in [5, 5.41) is 3.09. The SMILES string of the molecule is COc1ccccc1[C@@H](CNC(=O)Cn1c(COc2ccccc2)nc2ccccc21)N(C)C. The predicted molar refractivity (Wildman–Crippen MR) is 133 cm³/mol. The molecule has 4 aromatic rings. The zero-order chi connectivity index (χ0) is 23.9. The number of carbonyl (C=O) groups excluding carboxylic acids is 1. The standard InChI is InChI=1S/C27H30N4O3/c1-30(2)24(21-13-7-10-16-25(21)33-3)17-28-27(32)18-31-23-15-9-8-14-22(23)29-26(31)19-34-20-11-5-4-6-12-20/h4-16,24H,17-19H2,1-3H3,(H,28,32)/t24-/m1/s1. The first-order chi connectivity index (χ1) is 16.6. The molecule has 7 nitrogen and oxygen atoms in total. The maximum atomic E-state index is 13.0. The van der Waals surface area contributed by atoms with Crippen LogP contribution in [0.1, 0.15) is 17.4 Å². The van der Waals surface area contributed by atoms with Gasteiger partial charge in [-0.15, -0.1) is 0 Å². The molecule has 1 amide bonds. The minimum absolute atomic E-state index is 0.0273. The fourth-order valence-corrected chi connectivity index (χ4v) is 4.00. The number of carbonyl (C=O) groups is 1. The fraction of sp³-hybridized carbons (Fsp3) is 0.259. The number of para-hydroxylation sites is 4. The van der Waals surface area contributed by atoms with Crippen LogP contribution in [-0.4, -0.2) is 48.1 Å². The number of methoxy groups -OCH3 is 1. The second-order valence-corrected chi connectivity index (χ2v) is 8.23. The Morgan fingerprint density at radius 2 is 1.71 bits per heavy atom. The molecule has 0 aliphatic rings. The van der Waals surface area contributed by atoms with Crippen molar-refractivity contribution in [2.24, 2.45) is 0 Å². The largest absolute Gasteiger partial charge is 0.496 e. The number of hydrogen-bond acceptors (Lipinski definition) is 5. The Bertz CT molecular complexity index is 1240. The van der Waals surface area contributed by atoms with Crippen LogP contribution in [0.25, 0.3) is 11.0 Å². The van der Waals surface area contributed by atoms with Crippen LogP contribution in [0.2, 0.25) is 0 Å². The molecular weight excluding hydrogens is 428 g/mol. The van der Waals surface area contributed by atoms with Crippen molar-refractivity contribution in [3.05, 3.63) is 90.3 Å². The number of fused-ring (bicyclic) bond motifs is 1. The average Bonchev–Trinajstić information content (AvgIpc) is 3.20. The molecule has 1 atom stereocenters. The number of ether oxygens (including phenoxy) is 2. The number of rotatable bonds is 10. The van der Waals surface area contributed by atoms with E-state index in [1.54, 1.807) is 7.11 Å². The Kier molecular flexibility index (Phi) is 7.44. The Morgan fingerprint density at radius 1 is 1.00 bits per heavy atom. The molecule has 1 aromatic heterocycles. The van der Waals surface area contributed by atoms with Gasteiger partial charge in [-0.1, -0.05) is 48.5 Å². The van der Waals surface area contributed by atoms with Crippen molar-refractivity contribution in [2.45, 2.75) is 19.2 Å². The summed E-state index contributed by atoms with van der Waals surface area (Å²) in [6, 6.07) is 25.3. The highest BCUT2D eigenvalue weighted by Gasteiger charge is 2.20. The zero-order valence-corrected chi connectivity index (χ0v) is 19.8. The summed E-state index contributed by atoms with van der Waals surface area (Å²) in [7, 11) is 5.64. The summed E-state index contributed by atoms with van der Waals surface area (Å²) in [4.78, 5) is 19.8. The quantitative estimate of drug-likeness (QED) is 0.388.